The summed E-state index contributed by atoms with van der Waals surface area (Å²) < 4.78 is 5.10. The zero-order valence-corrected chi connectivity index (χ0v) is 17.8. The van der Waals surface area contributed by atoms with Crippen LogP contribution in [0.4, 0.5) is 0 Å². The monoisotopic (exact) mass is 455 g/mol. The predicted octanol–water partition coefficient (Wildman–Crippen LogP) is 5.63. The van der Waals surface area contributed by atoms with E-state index < -0.39 is 0 Å². The minimum absolute atomic E-state index is 0.774. The molecule has 0 spiro atoms. The molecule has 0 aliphatic carbocycles. The number of hydrogen-bond donors (Lipinski definition) is 1. The normalized spacial score (nSPS) is 11.0. The summed E-state index contributed by atoms with van der Waals surface area (Å²) in [4.78, 5) is 3.48. The summed E-state index contributed by atoms with van der Waals surface area (Å²) >= 11 is 3.71. The minimum atomic E-state index is 0.774. The van der Waals surface area contributed by atoms with E-state index in [4.69, 9.17) is 5.10 Å². The maximum atomic E-state index is 4.70. The number of H-pyrrole nitrogens is 1. The van der Waals surface area contributed by atoms with Crippen LogP contribution in [0.3, 0.4) is 0 Å². The fraction of sp³-hybridized carbons (Fsp3) is 0.0400. The van der Waals surface area contributed by atoms with Gasteiger partial charge in [-0.3, -0.25) is 0 Å². The van der Waals surface area contributed by atoms with Crippen LogP contribution in [0.5, 0.6) is 0 Å². The van der Waals surface area contributed by atoms with Gasteiger partial charge in [-0.15, -0.1) is 0 Å². The molecule has 5 heteroatoms. The Hall–Kier alpha value is -3.44. The fourth-order valence-electron chi connectivity index (χ4n) is 3.68. The van der Waals surface area contributed by atoms with Crippen LogP contribution in [0.25, 0.3) is 28.1 Å². The van der Waals surface area contributed by atoms with E-state index in [-0.39, 0.29) is 0 Å². The molecule has 0 radical (unpaired) electrons. The number of hydrogen-bond acceptors (Lipinski definition) is 1. The molecule has 146 valence electrons. The molecular formula is C25H20BrN4+. The van der Waals surface area contributed by atoms with Gasteiger partial charge in [0.15, 0.2) is 5.69 Å². The smallest absolute Gasteiger partial charge is 0.265 e. The van der Waals surface area contributed by atoms with Crippen LogP contribution >= 0.6 is 15.9 Å². The lowest BCUT2D eigenvalue weighted by molar-refractivity contribution is -0.688. The van der Waals surface area contributed by atoms with Crippen molar-refractivity contribution in [2.45, 2.75) is 6.54 Å². The molecule has 30 heavy (non-hydrogen) atoms. The van der Waals surface area contributed by atoms with Gasteiger partial charge in [-0.2, -0.15) is 0 Å². The second-order valence-corrected chi connectivity index (χ2v) is 7.98. The van der Waals surface area contributed by atoms with Crippen molar-refractivity contribution in [1.82, 2.24) is 14.8 Å². The zero-order chi connectivity index (χ0) is 20.3. The molecule has 5 rings (SSSR count). The summed E-state index contributed by atoms with van der Waals surface area (Å²) in [6.07, 6.45) is 5.97. The highest BCUT2D eigenvalue weighted by Crippen LogP contribution is 2.37. The molecule has 3 aromatic carbocycles. The summed E-state index contributed by atoms with van der Waals surface area (Å²) in [5.74, 6) is 0. The van der Waals surface area contributed by atoms with Gasteiger partial charge in [0.1, 0.15) is 0 Å². The Kier molecular flexibility index (Phi) is 5.03. The van der Waals surface area contributed by atoms with Crippen molar-refractivity contribution in [3.63, 3.8) is 0 Å². The van der Waals surface area contributed by atoms with E-state index in [1.54, 1.807) is 0 Å². The van der Waals surface area contributed by atoms with Gasteiger partial charge in [0.05, 0.1) is 12.2 Å². The highest BCUT2D eigenvalue weighted by atomic mass is 79.9. The maximum Gasteiger partial charge on any atom is 0.265 e. The maximum absolute atomic E-state index is 4.70. The van der Waals surface area contributed by atoms with Crippen molar-refractivity contribution in [2.24, 2.45) is 0 Å². The van der Waals surface area contributed by atoms with Crippen molar-refractivity contribution in [1.29, 1.82) is 0 Å². The highest BCUT2D eigenvalue weighted by molar-refractivity contribution is 9.10. The third-order valence-corrected chi connectivity index (χ3v) is 5.79. The van der Waals surface area contributed by atoms with Crippen LogP contribution in [0.1, 0.15) is 5.56 Å². The van der Waals surface area contributed by atoms with E-state index >= 15 is 0 Å². The molecule has 0 amide bonds. The molecule has 0 aliphatic rings. The van der Waals surface area contributed by atoms with Gasteiger partial charge in [0.25, 0.3) is 6.33 Å². The van der Waals surface area contributed by atoms with Crippen molar-refractivity contribution in [3.8, 4) is 28.1 Å². The number of halogens is 1. The lowest BCUT2D eigenvalue weighted by Crippen LogP contribution is -2.31. The topological polar surface area (TPSA) is 37.5 Å². The Morgan fingerprint density at radius 1 is 0.833 bits per heavy atom. The third kappa shape index (κ3) is 3.60. The molecule has 0 unspecified atom stereocenters. The Morgan fingerprint density at radius 2 is 1.53 bits per heavy atom. The molecule has 0 bridgehead atoms. The van der Waals surface area contributed by atoms with Crippen LogP contribution < -0.4 is 4.57 Å². The van der Waals surface area contributed by atoms with Crippen molar-refractivity contribution in [2.75, 3.05) is 0 Å². The van der Waals surface area contributed by atoms with Gasteiger partial charge in [0, 0.05) is 32.5 Å². The Balaban J connectivity index is 1.63. The fourth-order valence-corrected chi connectivity index (χ4v) is 4.18. The second kappa shape index (κ2) is 8.13. The van der Waals surface area contributed by atoms with Crippen LogP contribution in [0, 0.1) is 0 Å². The first-order chi connectivity index (χ1) is 14.8. The number of nitrogens with zero attached hydrogens (tertiary/aromatic N) is 3. The number of benzene rings is 3. The van der Waals surface area contributed by atoms with E-state index in [2.05, 4.69) is 98.4 Å². The molecule has 4 nitrogen and oxygen atoms in total. The molecule has 0 aliphatic heterocycles. The first-order valence-corrected chi connectivity index (χ1v) is 10.6. The van der Waals surface area contributed by atoms with Gasteiger partial charge >= 0.3 is 0 Å². The van der Waals surface area contributed by atoms with Crippen LogP contribution in [-0.2, 0) is 6.54 Å². The summed E-state index contributed by atoms with van der Waals surface area (Å²) in [6.45, 7) is 0.774. The van der Waals surface area contributed by atoms with Crippen molar-refractivity contribution in [3.05, 3.63) is 114 Å². The van der Waals surface area contributed by atoms with Gasteiger partial charge < -0.3 is 4.98 Å². The van der Waals surface area contributed by atoms with Crippen molar-refractivity contribution < 1.29 is 4.57 Å². The van der Waals surface area contributed by atoms with Gasteiger partial charge in [-0.25, -0.2) is 4.57 Å². The average Bonchev–Trinajstić information content (AvgIpc) is 3.42. The molecule has 0 atom stereocenters. The van der Waals surface area contributed by atoms with E-state index in [9.17, 15) is 0 Å². The summed E-state index contributed by atoms with van der Waals surface area (Å²) in [7, 11) is 0. The molecule has 0 saturated carbocycles. The Bertz CT molecular complexity index is 1270. The third-order valence-electron chi connectivity index (χ3n) is 5.10. The van der Waals surface area contributed by atoms with Gasteiger partial charge in [0.2, 0.25) is 6.33 Å². The number of aromatic nitrogens is 4. The van der Waals surface area contributed by atoms with Gasteiger partial charge in [-0.1, -0.05) is 99.5 Å². The molecule has 2 heterocycles. The van der Waals surface area contributed by atoms with E-state index in [0.29, 0.717) is 0 Å². The zero-order valence-electron chi connectivity index (χ0n) is 16.2. The van der Waals surface area contributed by atoms with Gasteiger partial charge in [-0.05, 0) is 11.6 Å². The lowest BCUT2D eigenvalue weighted by Gasteiger charge is -2.05. The van der Waals surface area contributed by atoms with Crippen molar-refractivity contribution >= 4 is 15.9 Å². The highest BCUT2D eigenvalue weighted by Gasteiger charge is 2.23. The van der Waals surface area contributed by atoms with Crippen LogP contribution in [0.15, 0.2) is 108 Å². The molecule has 5 aromatic rings. The lowest BCUT2D eigenvalue weighted by atomic mass is 10.0. The predicted molar refractivity (Wildman–Crippen MR) is 122 cm³/mol. The average molecular weight is 456 g/mol. The molecule has 1 N–H and O–H groups in total. The first kappa shape index (κ1) is 18.6. The first-order valence-electron chi connectivity index (χ1n) is 9.79. The summed E-state index contributed by atoms with van der Waals surface area (Å²) in [5.41, 5.74) is 6.64. The molecule has 0 saturated heterocycles. The number of rotatable bonds is 5. The SMILES string of the molecule is Brc1ccccc1-c1c[nH]c(-c2ccccc2)c1-n1c[n+](Cc2ccccc2)cn1. The van der Waals surface area contributed by atoms with Crippen LogP contribution in [0.2, 0.25) is 0 Å². The van der Waals surface area contributed by atoms with Crippen LogP contribution in [-0.4, -0.2) is 14.8 Å². The van der Waals surface area contributed by atoms with E-state index in [0.717, 1.165) is 39.1 Å². The standard InChI is InChI=1S/C25H20BrN4/c26-23-14-8-7-13-21(23)22-15-27-24(20-11-5-2-6-12-20)25(22)30-18-29(17-28-30)16-19-9-3-1-4-10-19/h1-15,17-18,27H,16H2/q+1. The Labute approximate surface area is 183 Å². The second-order valence-electron chi connectivity index (χ2n) is 7.12. The largest absolute Gasteiger partial charge is 0.357 e. The molecule has 2 aromatic heterocycles. The van der Waals surface area contributed by atoms with E-state index in [1.165, 1.54) is 5.56 Å². The minimum Gasteiger partial charge on any atom is -0.357 e. The Morgan fingerprint density at radius 3 is 2.30 bits per heavy atom. The molecular weight excluding hydrogens is 436 g/mol. The van der Waals surface area contributed by atoms with E-state index in [1.807, 2.05) is 35.5 Å². The quantitative estimate of drug-likeness (QED) is 0.342. The molecule has 0 fully saturated rings. The summed E-state index contributed by atoms with van der Waals surface area (Å²) in [5, 5.41) is 4.70. The summed E-state index contributed by atoms with van der Waals surface area (Å²) in [6, 6.07) is 29.0. The number of aromatic amines is 1. The number of nitrogens with one attached hydrogen (secondary N) is 1.